The average molecular weight is 379 g/mol. The van der Waals surface area contributed by atoms with Gasteiger partial charge in [-0.05, 0) is 44.1 Å². The van der Waals surface area contributed by atoms with Gasteiger partial charge in [-0.25, -0.2) is 8.42 Å². The highest BCUT2D eigenvalue weighted by molar-refractivity contribution is 7.89. The van der Waals surface area contributed by atoms with E-state index in [2.05, 4.69) is 5.32 Å². The molecule has 1 aliphatic rings. The van der Waals surface area contributed by atoms with Crippen LogP contribution in [0.5, 0.6) is 0 Å². The molecule has 140 valence electrons. The zero-order valence-electron chi connectivity index (χ0n) is 13.6. The Balaban J connectivity index is 2.17. The minimum absolute atomic E-state index is 0.117. The Morgan fingerprint density at radius 1 is 1.32 bits per heavy atom. The summed E-state index contributed by atoms with van der Waals surface area (Å²) < 4.78 is 63.3. The number of halogens is 3. The van der Waals surface area contributed by atoms with Gasteiger partial charge in [-0.1, -0.05) is 6.07 Å². The maximum atomic E-state index is 12.7. The van der Waals surface area contributed by atoms with E-state index < -0.39 is 28.7 Å². The van der Waals surface area contributed by atoms with Crippen molar-refractivity contribution in [1.29, 1.82) is 0 Å². The first-order chi connectivity index (χ1) is 11.6. The summed E-state index contributed by atoms with van der Waals surface area (Å²) in [5, 5.41) is 4.87. The summed E-state index contributed by atoms with van der Waals surface area (Å²) in [6.45, 7) is -0.0490. The minimum Gasteiger partial charge on any atom is -0.343 e. The molecule has 2 N–H and O–H groups in total. The molecule has 0 bridgehead atoms. The van der Waals surface area contributed by atoms with Crippen LogP contribution >= 0.6 is 0 Å². The SMILES string of the molecule is CN(C1CCNCC1)S(=O)(=O)c1cccc(C(=O)NCC(F)(F)F)c1. The molecular formula is C15H20F3N3O3S. The van der Waals surface area contributed by atoms with Crippen LogP contribution in [0.3, 0.4) is 0 Å². The first-order valence-corrected chi connectivity index (χ1v) is 9.19. The molecule has 1 heterocycles. The summed E-state index contributed by atoms with van der Waals surface area (Å²) in [6, 6.07) is 4.88. The molecule has 0 unspecified atom stereocenters. The van der Waals surface area contributed by atoms with E-state index >= 15 is 0 Å². The van der Waals surface area contributed by atoms with Crippen LogP contribution in [0.25, 0.3) is 0 Å². The Morgan fingerprint density at radius 3 is 2.56 bits per heavy atom. The highest BCUT2D eigenvalue weighted by Gasteiger charge is 2.30. The van der Waals surface area contributed by atoms with Gasteiger partial charge in [0.15, 0.2) is 0 Å². The predicted octanol–water partition coefficient (Wildman–Crippen LogP) is 1.35. The fourth-order valence-electron chi connectivity index (χ4n) is 2.61. The molecule has 2 rings (SSSR count). The number of nitrogens with zero attached hydrogens (tertiary/aromatic N) is 1. The molecular weight excluding hydrogens is 359 g/mol. The Labute approximate surface area is 144 Å². The predicted molar refractivity (Wildman–Crippen MR) is 85.7 cm³/mol. The molecule has 0 atom stereocenters. The van der Waals surface area contributed by atoms with Crippen LogP contribution in [0.2, 0.25) is 0 Å². The van der Waals surface area contributed by atoms with Crippen molar-refractivity contribution in [3.8, 4) is 0 Å². The maximum absolute atomic E-state index is 12.7. The number of carbonyl (C=O) groups excluding carboxylic acids is 1. The molecule has 0 aliphatic carbocycles. The molecule has 1 amide bonds. The Hall–Kier alpha value is -1.65. The lowest BCUT2D eigenvalue weighted by molar-refractivity contribution is -0.123. The third-order valence-electron chi connectivity index (χ3n) is 4.05. The van der Waals surface area contributed by atoms with Crippen molar-refractivity contribution in [1.82, 2.24) is 14.9 Å². The summed E-state index contributed by atoms with van der Waals surface area (Å²) in [5.41, 5.74) is -0.135. The number of piperidine rings is 1. The number of nitrogens with one attached hydrogen (secondary N) is 2. The number of rotatable bonds is 5. The van der Waals surface area contributed by atoms with Crippen LogP contribution in [0.15, 0.2) is 29.2 Å². The van der Waals surface area contributed by atoms with Crippen molar-refractivity contribution >= 4 is 15.9 Å². The third-order valence-corrected chi connectivity index (χ3v) is 5.95. The van der Waals surface area contributed by atoms with Crippen LogP contribution in [0.4, 0.5) is 13.2 Å². The molecule has 1 saturated heterocycles. The zero-order valence-corrected chi connectivity index (χ0v) is 14.5. The van der Waals surface area contributed by atoms with E-state index in [4.69, 9.17) is 0 Å². The summed E-state index contributed by atoms with van der Waals surface area (Å²) >= 11 is 0. The number of hydrogen-bond acceptors (Lipinski definition) is 4. The normalized spacial score (nSPS) is 16.8. The fourth-order valence-corrected chi connectivity index (χ4v) is 4.08. The lowest BCUT2D eigenvalue weighted by atomic mass is 10.1. The lowest BCUT2D eigenvalue weighted by Gasteiger charge is -2.30. The van der Waals surface area contributed by atoms with E-state index in [1.54, 1.807) is 5.32 Å². The number of sulfonamides is 1. The molecule has 1 aromatic rings. The lowest BCUT2D eigenvalue weighted by Crippen LogP contribution is -2.43. The highest BCUT2D eigenvalue weighted by atomic mass is 32.2. The smallest absolute Gasteiger partial charge is 0.343 e. The van der Waals surface area contributed by atoms with Gasteiger partial charge in [0.05, 0.1) is 4.90 Å². The molecule has 1 aliphatic heterocycles. The van der Waals surface area contributed by atoms with E-state index in [1.165, 1.54) is 29.6 Å². The summed E-state index contributed by atoms with van der Waals surface area (Å²) in [4.78, 5) is 11.7. The molecule has 25 heavy (non-hydrogen) atoms. The van der Waals surface area contributed by atoms with Gasteiger partial charge in [0.1, 0.15) is 6.54 Å². The Kier molecular flexibility index (Phi) is 6.07. The molecule has 6 nitrogen and oxygen atoms in total. The number of carbonyl (C=O) groups is 1. The van der Waals surface area contributed by atoms with Gasteiger partial charge in [0, 0.05) is 18.7 Å². The van der Waals surface area contributed by atoms with Crippen molar-refractivity contribution in [2.24, 2.45) is 0 Å². The molecule has 0 spiro atoms. The first kappa shape index (κ1) is 19.7. The Bertz CT molecular complexity index is 716. The van der Waals surface area contributed by atoms with E-state index in [1.807, 2.05) is 0 Å². The first-order valence-electron chi connectivity index (χ1n) is 7.75. The third kappa shape index (κ3) is 5.16. The van der Waals surface area contributed by atoms with Gasteiger partial charge in [0.25, 0.3) is 5.91 Å². The van der Waals surface area contributed by atoms with Gasteiger partial charge in [-0.2, -0.15) is 17.5 Å². The van der Waals surface area contributed by atoms with Gasteiger partial charge in [-0.15, -0.1) is 0 Å². The van der Waals surface area contributed by atoms with E-state index in [-0.39, 0.29) is 16.5 Å². The van der Waals surface area contributed by atoms with Gasteiger partial charge < -0.3 is 10.6 Å². The molecule has 0 radical (unpaired) electrons. The summed E-state index contributed by atoms with van der Waals surface area (Å²) in [6.07, 6.45) is -3.20. The molecule has 1 fully saturated rings. The monoisotopic (exact) mass is 379 g/mol. The summed E-state index contributed by atoms with van der Waals surface area (Å²) in [5.74, 6) is -0.973. The molecule has 0 aromatic heterocycles. The molecule has 10 heteroatoms. The standard InChI is InChI=1S/C15H20F3N3O3S/c1-21(12-5-7-19-8-6-12)25(23,24)13-4-2-3-11(9-13)14(22)20-10-15(16,17)18/h2-4,9,12,19H,5-8,10H2,1H3,(H,20,22). The number of hydrogen-bond donors (Lipinski definition) is 2. The zero-order chi connectivity index (χ0) is 18.7. The van der Waals surface area contributed by atoms with Crippen LogP contribution in [0, 0.1) is 0 Å². The highest BCUT2D eigenvalue weighted by Crippen LogP contribution is 2.22. The topological polar surface area (TPSA) is 78.5 Å². The van der Waals surface area contributed by atoms with Gasteiger partial charge in [0.2, 0.25) is 10.0 Å². The van der Waals surface area contributed by atoms with Crippen LogP contribution in [-0.4, -0.2) is 57.5 Å². The quantitative estimate of drug-likeness (QED) is 0.810. The Morgan fingerprint density at radius 2 is 1.96 bits per heavy atom. The van der Waals surface area contributed by atoms with Gasteiger partial charge >= 0.3 is 6.18 Å². The molecule has 1 aromatic carbocycles. The van der Waals surface area contributed by atoms with E-state index in [0.717, 1.165) is 6.07 Å². The van der Waals surface area contributed by atoms with Crippen molar-refractivity contribution in [2.45, 2.75) is 30.0 Å². The van der Waals surface area contributed by atoms with Crippen LogP contribution < -0.4 is 10.6 Å². The van der Waals surface area contributed by atoms with Gasteiger partial charge in [-0.3, -0.25) is 4.79 Å². The summed E-state index contributed by atoms with van der Waals surface area (Å²) in [7, 11) is -2.36. The van der Waals surface area contributed by atoms with Crippen LogP contribution in [0.1, 0.15) is 23.2 Å². The second-order valence-corrected chi connectivity index (χ2v) is 7.83. The number of alkyl halides is 3. The van der Waals surface area contributed by atoms with Crippen molar-refractivity contribution < 1.29 is 26.4 Å². The molecule has 0 saturated carbocycles. The second kappa shape index (κ2) is 7.71. The fraction of sp³-hybridized carbons (Fsp3) is 0.533. The largest absolute Gasteiger partial charge is 0.405 e. The van der Waals surface area contributed by atoms with E-state index in [9.17, 15) is 26.4 Å². The second-order valence-electron chi connectivity index (χ2n) is 5.83. The minimum atomic E-state index is -4.53. The van der Waals surface area contributed by atoms with Crippen molar-refractivity contribution in [3.63, 3.8) is 0 Å². The van der Waals surface area contributed by atoms with Crippen LogP contribution in [-0.2, 0) is 10.0 Å². The van der Waals surface area contributed by atoms with E-state index in [0.29, 0.717) is 25.9 Å². The maximum Gasteiger partial charge on any atom is 0.405 e. The van der Waals surface area contributed by atoms with Crippen molar-refractivity contribution in [3.05, 3.63) is 29.8 Å². The average Bonchev–Trinajstić information content (AvgIpc) is 2.59. The number of benzene rings is 1. The van der Waals surface area contributed by atoms with Crippen molar-refractivity contribution in [2.75, 3.05) is 26.7 Å². The number of amides is 1.